The predicted molar refractivity (Wildman–Crippen MR) is 100 cm³/mol. The Morgan fingerprint density at radius 1 is 1.20 bits per heavy atom. The number of carbonyl (C=O) groups is 1. The summed E-state index contributed by atoms with van der Waals surface area (Å²) in [7, 11) is 0. The molecule has 1 aliphatic carbocycles. The molecule has 0 fully saturated rings. The standard InChI is InChI=1S/C21H23N3O/c1-13(2)20-19-15(12-11-14-7-4-3-5-8-14)18-16(9-6-10-17(18)25)22-21(19)24-23-20/h3-5,7-8,11-13,15H,6,9-10H2,1-2H3,(H2,22,23,24)/b12-11+. The largest absolute Gasteiger partial charge is 0.342 e. The van der Waals surface area contributed by atoms with E-state index in [2.05, 4.69) is 53.6 Å². The van der Waals surface area contributed by atoms with E-state index in [1.165, 1.54) is 0 Å². The third-order valence-electron chi connectivity index (χ3n) is 5.04. The molecule has 0 bridgehead atoms. The summed E-state index contributed by atoms with van der Waals surface area (Å²) in [5.41, 5.74) is 5.34. The van der Waals surface area contributed by atoms with E-state index >= 15 is 0 Å². The minimum absolute atomic E-state index is 0.0320. The van der Waals surface area contributed by atoms with Crippen LogP contribution in [0.4, 0.5) is 5.82 Å². The summed E-state index contributed by atoms with van der Waals surface area (Å²) in [6.45, 7) is 4.30. The molecule has 0 spiro atoms. The van der Waals surface area contributed by atoms with Crippen LogP contribution >= 0.6 is 0 Å². The van der Waals surface area contributed by atoms with Crippen molar-refractivity contribution in [3.05, 3.63) is 64.5 Å². The van der Waals surface area contributed by atoms with E-state index in [4.69, 9.17) is 0 Å². The molecule has 1 aromatic carbocycles. The third kappa shape index (κ3) is 2.82. The van der Waals surface area contributed by atoms with Crippen LogP contribution in [0.2, 0.25) is 0 Å². The van der Waals surface area contributed by atoms with Crippen molar-refractivity contribution in [1.82, 2.24) is 10.2 Å². The fraction of sp³-hybridized carbons (Fsp3) is 0.333. The van der Waals surface area contributed by atoms with E-state index in [0.29, 0.717) is 12.3 Å². The molecular weight excluding hydrogens is 310 g/mol. The first-order valence-corrected chi connectivity index (χ1v) is 9.00. The van der Waals surface area contributed by atoms with Gasteiger partial charge in [-0.1, -0.05) is 56.3 Å². The van der Waals surface area contributed by atoms with Crippen LogP contribution in [0.15, 0.2) is 47.7 Å². The fourth-order valence-corrected chi connectivity index (χ4v) is 3.82. The normalized spacial score (nSPS) is 20.0. The molecule has 1 unspecified atom stereocenters. The van der Waals surface area contributed by atoms with E-state index in [1.54, 1.807) is 0 Å². The molecule has 2 heterocycles. The van der Waals surface area contributed by atoms with Gasteiger partial charge in [0.25, 0.3) is 0 Å². The van der Waals surface area contributed by atoms with Crippen molar-refractivity contribution in [2.45, 2.75) is 44.9 Å². The van der Waals surface area contributed by atoms with Gasteiger partial charge < -0.3 is 5.32 Å². The lowest BCUT2D eigenvalue weighted by atomic mass is 9.78. The molecular formula is C21H23N3O. The van der Waals surface area contributed by atoms with Gasteiger partial charge in [0.05, 0.1) is 0 Å². The van der Waals surface area contributed by atoms with E-state index in [1.807, 2.05) is 18.2 Å². The molecule has 0 saturated heterocycles. The Hall–Kier alpha value is -2.62. The molecule has 0 saturated carbocycles. The lowest BCUT2D eigenvalue weighted by molar-refractivity contribution is -0.116. The van der Waals surface area contributed by atoms with Crippen LogP contribution in [-0.2, 0) is 4.79 Å². The van der Waals surface area contributed by atoms with Crippen LogP contribution in [0.3, 0.4) is 0 Å². The highest BCUT2D eigenvalue weighted by atomic mass is 16.1. The Morgan fingerprint density at radius 2 is 2.00 bits per heavy atom. The average Bonchev–Trinajstić information content (AvgIpc) is 3.04. The number of aromatic nitrogens is 2. The van der Waals surface area contributed by atoms with Gasteiger partial charge in [-0.05, 0) is 24.3 Å². The Morgan fingerprint density at radius 3 is 2.76 bits per heavy atom. The summed E-state index contributed by atoms with van der Waals surface area (Å²) in [4.78, 5) is 12.7. The molecule has 2 aliphatic rings. The summed E-state index contributed by atoms with van der Waals surface area (Å²) in [6.07, 6.45) is 6.75. The van der Waals surface area contributed by atoms with Gasteiger partial charge in [-0.25, -0.2) is 0 Å². The molecule has 1 aromatic heterocycles. The zero-order valence-electron chi connectivity index (χ0n) is 14.7. The van der Waals surface area contributed by atoms with Crippen LogP contribution in [0.1, 0.15) is 61.8 Å². The smallest absolute Gasteiger partial charge is 0.161 e. The van der Waals surface area contributed by atoms with Crippen molar-refractivity contribution >= 4 is 17.7 Å². The highest BCUT2D eigenvalue weighted by Gasteiger charge is 2.36. The van der Waals surface area contributed by atoms with Gasteiger partial charge in [-0.2, -0.15) is 5.10 Å². The minimum atomic E-state index is -0.0320. The Labute approximate surface area is 148 Å². The average molecular weight is 333 g/mol. The topological polar surface area (TPSA) is 57.8 Å². The molecule has 1 aliphatic heterocycles. The summed E-state index contributed by atoms with van der Waals surface area (Å²) in [5.74, 6) is 1.43. The molecule has 2 aromatic rings. The minimum Gasteiger partial charge on any atom is -0.342 e. The number of nitrogens with one attached hydrogen (secondary N) is 2. The van der Waals surface area contributed by atoms with E-state index in [9.17, 15) is 4.79 Å². The van der Waals surface area contributed by atoms with Crippen molar-refractivity contribution < 1.29 is 4.79 Å². The number of allylic oxidation sites excluding steroid dienone is 3. The van der Waals surface area contributed by atoms with Crippen LogP contribution < -0.4 is 5.32 Å². The van der Waals surface area contributed by atoms with E-state index < -0.39 is 0 Å². The number of Topliss-reactive ketones (excluding diaryl/α,β-unsaturated/α-hetero) is 1. The molecule has 128 valence electrons. The van der Waals surface area contributed by atoms with Gasteiger partial charge in [0.1, 0.15) is 0 Å². The molecule has 1 atom stereocenters. The number of ketones is 1. The number of H-pyrrole nitrogens is 1. The SMILES string of the molecule is CC(C)c1[nH]nc2c1C(/C=C/c1ccccc1)C1=C(CCCC1=O)N2. The van der Waals surface area contributed by atoms with Crippen LogP contribution in [-0.4, -0.2) is 16.0 Å². The van der Waals surface area contributed by atoms with Crippen LogP contribution in [0, 0.1) is 0 Å². The van der Waals surface area contributed by atoms with Crippen molar-refractivity contribution in [3.63, 3.8) is 0 Å². The lowest BCUT2D eigenvalue weighted by Crippen LogP contribution is -2.25. The Bertz CT molecular complexity index is 859. The Balaban J connectivity index is 1.82. The van der Waals surface area contributed by atoms with Crippen molar-refractivity contribution in [2.75, 3.05) is 5.32 Å². The number of fused-ring (bicyclic) bond motifs is 1. The van der Waals surface area contributed by atoms with Gasteiger partial charge in [0, 0.05) is 34.9 Å². The van der Waals surface area contributed by atoms with E-state index in [0.717, 1.165) is 46.8 Å². The summed E-state index contributed by atoms with van der Waals surface area (Å²) in [5, 5.41) is 11.1. The second-order valence-corrected chi connectivity index (χ2v) is 7.10. The molecule has 4 heteroatoms. The number of rotatable bonds is 3. The predicted octanol–water partition coefficient (Wildman–Crippen LogP) is 4.76. The highest BCUT2D eigenvalue weighted by molar-refractivity contribution is 6.00. The number of anilines is 1. The molecule has 4 rings (SSSR count). The maximum absolute atomic E-state index is 12.7. The zero-order valence-corrected chi connectivity index (χ0v) is 14.7. The number of hydrogen-bond donors (Lipinski definition) is 2. The molecule has 2 N–H and O–H groups in total. The first-order chi connectivity index (χ1) is 12.1. The monoisotopic (exact) mass is 333 g/mol. The van der Waals surface area contributed by atoms with Gasteiger partial charge in [0.15, 0.2) is 11.6 Å². The molecule has 0 amide bonds. The molecule has 0 radical (unpaired) electrons. The first-order valence-electron chi connectivity index (χ1n) is 9.00. The first kappa shape index (κ1) is 15.9. The van der Waals surface area contributed by atoms with Gasteiger partial charge in [-0.15, -0.1) is 0 Å². The summed E-state index contributed by atoms with van der Waals surface area (Å²) < 4.78 is 0. The van der Waals surface area contributed by atoms with Crippen LogP contribution in [0.25, 0.3) is 6.08 Å². The van der Waals surface area contributed by atoms with Gasteiger partial charge in [0.2, 0.25) is 0 Å². The van der Waals surface area contributed by atoms with Gasteiger partial charge in [-0.3, -0.25) is 9.89 Å². The number of nitrogens with zero attached hydrogens (tertiary/aromatic N) is 1. The quantitative estimate of drug-likeness (QED) is 0.851. The van der Waals surface area contributed by atoms with Gasteiger partial charge >= 0.3 is 0 Å². The molecule has 25 heavy (non-hydrogen) atoms. The fourth-order valence-electron chi connectivity index (χ4n) is 3.82. The second kappa shape index (κ2) is 6.36. The molecule has 4 nitrogen and oxygen atoms in total. The van der Waals surface area contributed by atoms with Crippen molar-refractivity contribution in [3.8, 4) is 0 Å². The maximum atomic E-state index is 12.7. The van der Waals surface area contributed by atoms with Crippen LogP contribution in [0.5, 0.6) is 0 Å². The number of carbonyl (C=O) groups excluding carboxylic acids is 1. The highest BCUT2D eigenvalue weighted by Crippen LogP contribution is 2.44. The van der Waals surface area contributed by atoms with Crippen molar-refractivity contribution in [2.24, 2.45) is 0 Å². The zero-order chi connectivity index (χ0) is 17.4. The lowest BCUT2D eigenvalue weighted by Gasteiger charge is -2.30. The summed E-state index contributed by atoms with van der Waals surface area (Å²) >= 11 is 0. The number of benzene rings is 1. The Kier molecular flexibility index (Phi) is 4.04. The second-order valence-electron chi connectivity index (χ2n) is 7.10. The number of aromatic amines is 1. The van der Waals surface area contributed by atoms with E-state index in [-0.39, 0.29) is 11.7 Å². The van der Waals surface area contributed by atoms with Crippen molar-refractivity contribution in [1.29, 1.82) is 0 Å². The summed E-state index contributed by atoms with van der Waals surface area (Å²) in [6, 6.07) is 10.2. The number of hydrogen-bond acceptors (Lipinski definition) is 3. The third-order valence-corrected chi connectivity index (χ3v) is 5.04. The maximum Gasteiger partial charge on any atom is 0.161 e.